The van der Waals surface area contributed by atoms with Gasteiger partial charge in [0.2, 0.25) is 0 Å². The maximum Gasteiger partial charge on any atom is 0.124 e. The number of hydrogen-bond donors (Lipinski definition) is 1. The summed E-state index contributed by atoms with van der Waals surface area (Å²) in [4.78, 5) is 4.06. The number of aryl methyl sites for hydroxylation is 1. The van der Waals surface area contributed by atoms with E-state index in [4.69, 9.17) is 5.73 Å². The summed E-state index contributed by atoms with van der Waals surface area (Å²) < 4.78 is 2.13. The summed E-state index contributed by atoms with van der Waals surface area (Å²) in [6.07, 6.45) is 0. The average Bonchev–Trinajstić information content (AvgIpc) is 1.82. The minimum absolute atomic E-state index is 0.574. The van der Waals surface area contributed by atoms with Crippen molar-refractivity contribution in [2.24, 2.45) is 0 Å². The Morgan fingerprint density at radius 1 is 1.70 bits per heavy atom. The van der Waals surface area contributed by atoms with E-state index in [1.54, 1.807) is 0 Å². The molecule has 1 rings (SSSR count). The molecule has 0 aliphatic rings. The van der Waals surface area contributed by atoms with Crippen LogP contribution in [0.2, 0.25) is 0 Å². The van der Waals surface area contributed by atoms with Crippen molar-refractivity contribution in [1.82, 2.24) is 4.98 Å². The molecule has 0 bridgehead atoms. The highest BCUT2D eigenvalue weighted by molar-refractivity contribution is 14.1. The summed E-state index contributed by atoms with van der Waals surface area (Å²) in [7, 11) is 0. The highest BCUT2D eigenvalue weighted by Crippen LogP contribution is 2.22. The number of hydrogen-bond acceptors (Lipinski definition) is 2. The normalized spacial score (nSPS) is 9.90. The lowest BCUT2D eigenvalue weighted by atomic mass is 10.4. The molecule has 54 valence electrons. The standard InChI is InChI=1S/C6H6BrIN2/c1-3-6(7)4(8)2-5(9)10-3/h2H,1H3,(H2,9,10). The molecule has 0 unspecified atom stereocenters. The summed E-state index contributed by atoms with van der Waals surface area (Å²) >= 11 is 5.60. The summed E-state index contributed by atoms with van der Waals surface area (Å²) in [5.41, 5.74) is 6.43. The molecule has 0 radical (unpaired) electrons. The van der Waals surface area contributed by atoms with E-state index < -0.39 is 0 Å². The van der Waals surface area contributed by atoms with Gasteiger partial charge in [0.05, 0.1) is 10.2 Å². The lowest BCUT2D eigenvalue weighted by Crippen LogP contribution is -1.94. The van der Waals surface area contributed by atoms with E-state index in [9.17, 15) is 0 Å². The second kappa shape index (κ2) is 3.04. The van der Waals surface area contributed by atoms with Gasteiger partial charge in [0.1, 0.15) is 5.82 Å². The second-order valence-corrected chi connectivity index (χ2v) is 3.88. The van der Waals surface area contributed by atoms with E-state index in [1.165, 1.54) is 0 Å². The quantitative estimate of drug-likeness (QED) is 0.747. The van der Waals surface area contributed by atoms with Gasteiger partial charge in [0.25, 0.3) is 0 Å². The Morgan fingerprint density at radius 2 is 2.30 bits per heavy atom. The molecule has 0 saturated carbocycles. The minimum Gasteiger partial charge on any atom is -0.384 e. The predicted molar refractivity (Wildman–Crippen MR) is 53.8 cm³/mol. The van der Waals surface area contributed by atoms with Crippen LogP contribution < -0.4 is 5.73 Å². The first-order valence-corrected chi connectivity index (χ1v) is 4.56. The molecular formula is C6H6BrIN2. The Morgan fingerprint density at radius 3 is 2.80 bits per heavy atom. The van der Waals surface area contributed by atoms with Crippen LogP contribution in [0.3, 0.4) is 0 Å². The van der Waals surface area contributed by atoms with E-state index >= 15 is 0 Å². The van der Waals surface area contributed by atoms with Crippen molar-refractivity contribution in [3.8, 4) is 0 Å². The third-order valence-electron chi connectivity index (χ3n) is 1.10. The molecule has 0 amide bonds. The van der Waals surface area contributed by atoms with Gasteiger partial charge in [-0.15, -0.1) is 0 Å². The van der Waals surface area contributed by atoms with Gasteiger partial charge in [-0.3, -0.25) is 0 Å². The van der Waals surface area contributed by atoms with Gasteiger partial charge in [-0.25, -0.2) is 4.98 Å². The van der Waals surface area contributed by atoms with E-state index in [1.807, 2.05) is 13.0 Å². The van der Waals surface area contributed by atoms with Crippen molar-refractivity contribution in [2.75, 3.05) is 5.73 Å². The fourth-order valence-corrected chi connectivity index (χ4v) is 1.55. The third kappa shape index (κ3) is 1.60. The van der Waals surface area contributed by atoms with E-state index in [-0.39, 0.29) is 0 Å². The third-order valence-corrected chi connectivity index (χ3v) is 3.69. The van der Waals surface area contributed by atoms with Gasteiger partial charge in [-0.05, 0) is 51.5 Å². The Balaban J connectivity index is 3.31. The Hall–Kier alpha value is 0.160. The SMILES string of the molecule is Cc1nc(N)cc(I)c1Br. The zero-order valence-electron chi connectivity index (χ0n) is 5.36. The summed E-state index contributed by atoms with van der Waals surface area (Å²) in [5, 5.41) is 0. The second-order valence-electron chi connectivity index (χ2n) is 1.93. The van der Waals surface area contributed by atoms with Gasteiger partial charge < -0.3 is 5.73 Å². The number of halogens is 2. The number of nitrogens with zero attached hydrogens (tertiary/aromatic N) is 1. The molecule has 2 nitrogen and oxygen atoms in total. The highest BCUT2D eigenvalue weighted by Gasteiger charge is 2.01. The van der Waals surface area contributed by atoms with Crippen LogP contribution in [-0.4, -0.2) is 4.98 Å². The smallest absolute Gasteiger partial charge is 0.124 e. The Kier molecular flexibility index (Phi) is 2.51. The van der Waals surface area contributed by atoms with E-state index in [0.29, 0.717) is 5.82 Å². The number of nitrogen functional groups attached to an aromatic ring is 1. The van der Waals surface area contributed by atoms with Gasteiger partial charge in [0, 0.05) is 3.57 Å². The largest absolute Gasteiger partial charge is 0.384 e. The first-order valence-electron chi connectivity index (χ1n) is 2.69. The lowest BCUT2D eigenvalue weighted by Gasteiger charge is -2.00. The van der Waals surface area contributed by atoms with Crippen molar-refractivity contribution < 1.29 is 0 Å². The minimum atomic E-state index is 0.574. The van der Waals surface area contributed by atoms with Crippen LogP contribution in [0, 0.1) is 10.5 Å². The van der Waals surface area contributed by atoms with E-state index in [0.717, 1.165) is 13.7 Å². The molecule has 0 aromatic carbocycles. The highest BCUT2D eigenvalue weighted by atomic mass is 127. The van der Waals surface area contributed by atoms with Crippen LogP contribution in [0.1, 0.15) is 5.69 Å². The topological polar surface area (TPSA) is 38.9 Å². The molecule has 0 fully saturated rings. The molecule has 4 heteroatoms. The van der Waals surface area contributed by atoms with Crippen LogP contribution in [0.15, 0.2) is 10.5 Å². The summed E-state index contributed by atoms with van der Waals surface area (Å²) in [5.74, 6) is 0.574. The molecule has 0 saturated heterocycles. The van der Waals surface area contributed by atoms with Crippen molar-refractivity contribution in [1.29, 1.82) is 0 Å². The van der Waals surface area contributed by atoms with Crippen LogP contribution >= 0.6 is 38.5 Å². The van der Waals surface area contributed by atoms with Gasteiger partial charge in [0.15, 0.2) is 0 Å². The van der Waals surface area contributed by atoms with Crippen molar-refractivity contribution >= 4 is 44.3 Å². The molecule has 0 atom stereocenters. The maximum absolute atomic E-state index is 5.49. The number of nitrogens with two attached hydrogens (primary N) is 1. The molecule has 0 spiro atoms. The molecular weight excluding hydrogens is 307 g/mol. The monoisotopic (exact) mass is 312 g/mol. The molecule has 2 N–H and O–H groups in total. The number of pyridine rings is 1. The lowest BCUT2D eigenvalue weighted by molar-refractivity contribution is 1.18. The first kappa shape index (κ1) is 8.26. The van der Waals surface area contributed by atoms with Crippen molar-refractivity contribution in [3.05, 3.63) is 19.8 Å². The number of anilines is 1. The number of aromatic nitrogens is 1. The predicted octanol–water partition coefficient (Wildman–Crippen LogP) is 2.34. The van der Waals surface area contributed by atoms with E-state index in [2.05, 4.69) is 43.5 Å². The summed E-state index contributed by atoms with van der Waals surface area (Å²) in [6.45, 7) is 1.92. The van der Waals surface area contributed by atoms with Gasteiger partial charge >= 0.3 is 0 Å². The van der Waals surface area contributed by atoms with Crippen LogP contribution in [0.5, 0.6) is 0 Å². The Bertz CT molecular complexity index is 239. The molecule has 0 aliphatic heterocycles. The maximum atomic E-state index is 5.49. The van der Waals surface area contributed by atoms with Crippen molar-refractivity contribution in [2.45, 2.75) is 6.92 Å². The van der Waals surface area contributed by atoms with Gasteiger partial charge in [-0.2, -0.15) is 0 Å². The average molecular weight is 313 g/mol. The fraction of sp³-hybridized carbons (Fsp3) is 0.167. The first-order chi connectivity index (χ1) is 4.61. The zero-order valence-corrected chi connectivity index (χ0v) is 9.10. The van der Waals surface area contributed by atoms with Gasteiger partial charge in [-0.1, -0.05) is 0 Å². The summed E-state index contributed by atoms with van der Waals surface area (Å²) in [6, 6.07) is 1.83. The fourth-order valence-electron chi connectivity index (χ4n) is 0.641. The molecule has 1 heterocycles. The molecule has 0 aliphatic carbocycles. The zero-order chi connectivity index (χ0) is 7.72. The molecule has 1 aromatic rings. The molecule has 1 aromatic heterocycles. The van der Waals surface area contributed by atoms with Crippen LogP contribution in [-0.2, 0) is 0 Å². The number of rotatable bonds is 0. The van der Waals surface area contributed by atoms with Crippen LogP contribution in [0.4, 0.5) is 5.82 Å². The molecule has 10 heavy (non-hydrogen) atoms. The Labute approximate surface area is 81.5 Å². The van der Waals surface area contributed by atoms with Crippen LogP contribution in [0.25, 0.3) is 0 Å². The van der Waals surface area contributed by atoms with Crippen molar-refractivity contribution in [3.63, 3.8) is 0 Å².